The van der Waals surface area contributed by atoms with Crippen LogP contribution >= 0.6 is 0 Å². The number of carboxylic acids is 1. The number of amides is 3. The number of methoxy groups -OCH3 is 1. The number of nitrogens with zero attached hydrogens (tertiary/aromatic N) is 1. The van der Waals surface area contributed by atoms with Crippen molar-refractivity contribution >= 4 is 17.9 Å². The van der Waals surface area contributed by atoms with Crippen molar-refractivity contribution < 1.29 is 24.2 Å². The fraction of sp³-hybridized carbons (Fsp3) is 0.727. The summed E-state index contributed by atoms with van der Waals surface area (Å²) >= 11 is 0. The van der Waals surface area contributed by atoms with Crippen LogP contribution in [0.3, 0.4) is 0 Å². The first-order valence-electron chi connectivity index (χ1n) is 6.00. The quantitative estimate of drug-likeness (QED) is 0.596. The van der Waals surface area contributed by atoms with Gasteiger partial charge in [0.05, 0.1) is 6.10 Å². The SMILES string of the molecule is CNC(=O)CCNC(=O)N1CC(OC)CC1C(=O)O. The van der Waals surface area contributed by atoms with Gasteiger partial charge < -0.3 is 25.4 Å². The molecular formula is C11H19N3O5. The standard InChI is InChI=1S/C11H19N3O5/c1-12-9(15)3-4-13-11(18)14-6-7(19-2)5-8(14)10(16)17/h7-8H,3-6H2,1-2H3,(H,12,15)(H,13,18)(H,16,17). The third-order valence-electron chi connectivity index (χ3n) is 3.05. The lowest BCUT2D eigenvalue weighted by atomic mass is 10.2. The van der Waals surface area contributed by atoms with Crippen LogP contribution in [0.2, 0.25) is 0 Å². The molecule has 1 aliphatic rings. The zero-order valence-corrected chi connectivity index (χ0v) is 11.0. The molecule has 2 unspecified atom stereocenters. The number of ether oxygens (including phenoxy) is 1. The van der Waals surface area contributed by atoms with Gasteiger partial charge in [0.15, 0.2) is 0 Å². The van der Waals surface area contributed by atoms with Gasteiger partial charge in [-0.3, -0.25) is 4.79 Å². The first-order chi connectivity index (χ1) is 8.99. The molecule has 0 bridgehead atoms. The summed E-state index contributed by atoms with van der Waals surface area (Å²) in [6.45, 7) is 0.401. The lowest BCUT2D eigenvalue weighted by Gasteiger charge is -2.21. The van der Waals surface area contributed by atoms with Gasteiger partial charge >= 0.3 is 12.0 Å². The van der Waals surface area contributed by atoms with Crippen LogP contribution < -0.4 is 10.6 Å². The zero-order chi connectivity index (χ0) is 14.4. The van der Waals surface area contributed by atoms with Crippen LogP contribution in [0.1, 0.15) is 12.8 Å². The molecule has 1 saturated heterocycles. The highest BCUT2D eigenvalue weighted by molar-refractivity contribution is 5.84. The topological polar surface area (TPSA) is 108 Å². The van der Waals surface area contributed by atoms with Crippen molar-refractivity contribution in [2.24, 2.45) is 0 Å². The Kier molecular flexibility index (Phi) is 5.56. The van der Waals surface area contributed by atoms with Crippen LogP contribution in [0.4, 0.5) is 4.79 Å². The summed E-state index contributed by atoms with van der Waals surface area (Å²) < 4.78 is 5.08. The maximum absolute atomic E-state index is 11.9. The normalized spacial score (nSPS) is 22.1. The van der Waals surface area contributed by atoms with Crippen LogP contribution in [-0.2, 0) is 14.3 Å². The van der Waals surface area contributed by atoms with Crippen molar-refractivity contribution in [3.63, 3.8) is 0 Å². The van der Waals surface area contributed by atoms with E-state index < -0.39 is 18.0 Å². The summed E-state index contributed by atoms with van der Waals surface area (Å²) in [6.07, 6.45) is 0.154. The molecule has 108 valence electrons. The second-order valence-electron chi connectivity index (χ2n) is 4.25. The van der Waals surface area contributed by atoms with Gasteiger partial charge in [0.1, 0.15) is 6.04 Å². The second kappa shape index (κ2) is 6.93. The number of hydrogen-bond donors (Lipinski definition) is 3. The summed E-state index contributed by atoms with van der Waals surface area (Å²) in [5.41, 5.74) is 0. The molecule has 1 rings (SSSR count). The number of carboxylic acid groups (broad SMARTS) is 1. The molecule has 8 nitrogen and oxygen atoms in total. The molecule has 3 amide bonds. The smallest absolute Gasteiger partial charge is 0.326 e. The summed E-state index contributed by atoms with van der Waals surface area (Å²) in [5.74, 6) is -1.24. The number of urea groups is 1. The molecule has 1 heterocycles. The predicted molar refractivity (Wildman–Crippen MR) is 65.6 cm³/mol. The minimum absolute atomic E-state index is 0.154. The predicted octanol–water partition coefficient (Wildman–Crippen LogP) is -0.994. The van der Waals surface area contributed by atoms with Gasteiger partial charge in [0.2, 0.25) is 5.91 Å². The Labute approximate surface area is 111 Å². The first-order valence-corrected chi connectivity index (χ1v) is 6.00. The largest absolute Gasteiger partial charge is 0.480 e. The van der Waals surface area contributed by atoms with Crippen LogP contribution in [-0.4, -0.2) is 67.3 Å². The molecule has 1 aliphatic heterocycles. The second-order valence-corrected chi connectivity index (χ2v) is 4.25. The number of rotatable bonds is 5. The van der Waals surface area contributed by atoms with E-state index >= 15 is 0 Å². The third kappa shape index (κ3) is 4.09. The minimum Gasteiger partial charge on any atom is -0.480 e. The summed E-state index contributed by atoms with van der Waals surface area (Å²) in [7, 11) is 2.99. The van der Waals surface area contributed by atoms with Crippen molar-refractivity contribution in [3.05, 3.63) is 0 Å². The van der Waals surface area contributed by atoms with E-state index in [1.54, 1.807) is 0 Å². The number of carbonyl (C=O) groups excluding carboxylic acids is 2. The zero-order valence-electron chi connectivity index (χ0n) is 11.0. The Morgan fingerprint density at radius 3 is 2.63 bits per heavy atom. The summed E-state index contributed by atoms with van der Waals surface area (Å²) in [6, 6.07) is -1.37. The van der Waals surface area contributed by atoms with Crippen molar-refractivity contribution in [2.75, 3.05) is 27.2 Å². The molecule has 0 saturated carbocycles. The molecule has 0 aromatic rings. The molecule has 0 spiro atoms. The molecule has 0 aromatic carbocycles. The van der Waals surface area contributed by atoms with Crippen LogP contribution in [0.25, 0.3) is 0 Å². The van der Waals surface area contributed by atoms with Crippen molar-refractivity contribution in [2.45, 2.75) is 25.0 Å². The van der Waals surface area contributed by atoms with Gasteiger partial charge in [0.25, 0.3) is 0 Å². The number of hydrogen-bond acceptors (Lipinski definition) is 4. The Morgan fingerprint density at radius 2 is 2.11 bits per heavy atom. The maximum Gasteiger partial charge on any atom is 0.326 e. The first kappa shape index (κ1) is 15.2. The lowest BCUT2D eigenvalue weighted by molar-refractivity contribution is -0.141. The van der Waals surface area contributed by atoms with E-state index in [4.69, 9.17) is 9.84 Å². The number of aliphatic carboxylic acids is 1. The summed E-state index contributed by atoms with van der Waals surface area (Å²) in [4.78, 5) is 35.1. The van der Waals surface area contributed by atoms with E-state index in [1.807, 2.05) is 0 Å². The number of carbonyl (C=O) groups is 3. The fourth-order valence-corrected chi connectivity index (χ4v) is 1.94. The van der Waals surface area contributed by atoms with Gasteiger partial charge in [0, 0.05) is 40.1 Å². The van der Waals surface area contributed by atoms with Gasteiger partial charge in [-0.2, -0.15) is 0 Å². The molecule has 3 N–H and O–H groups in total. The van der Waals surface area contributed by atoms with Crippen molar-refractivity contribution in [3.8, 4) is 0 Å². The van der Waals surface area contributed by atoms with Crippen LogP contribution in [0, 0.1) is 0 Å². The molecule has 0 aliphatic carbocycles. The highest BCUT2D eigenvalue weighted by atomic mass is 16.5. The molecule has 2 atom stereocenters. The third-order valence-corrected chi connectivity index (χ3v) is 3.05. The number of nitrogens with one attached hydrogen (secondary N) is 2. The Morgan fingerprint density at radius 1 is 1.42 bits per heavy atom. The van der Waals surface area contributed by atoms with Crippen LogP contribution in [0.15, 0.2) is 0 Å². The average molecular weight is 273 g/mol. The van der Waals surface area contributed by atoms with Gasteiger partial charge in [-0.25, -0.2) is 9.59 Å². The van der Waals surface area contributed by atoms with Gasteiger partial charge in [-0.05, 0) is 0 Å². The Hall–Kier alpha value is -1.83. The van der Waals surface area contributed by atoms with E-state index in [0.29, 0.717) is 0 Å². The van der Waals surface area contributed by atoms with E-state index in [1.165, 1.54) is 19.1 Å². The Bertz CT molecular complexity index is 360. The molecule has 0 aromatic heterocycles. The highest BCUT2D eigenvalue weighted by Crippen LogP contribution is 2.20. The summed E-state index contributed by atoms with van der Waals surface area (Å²) in [5, 5.41) is 14.0. The van der Waals surface area contributed by atoms with E-state index in [-0.39, 0.29) is 37.9 Å². The van der Waals surface area contributed by atoms with Gasteiger partial charge in [-0.15, -0.1) is 0 Å². The van der Waals surface area contributed by atoms with Crippen LogP contribution in [0.5, 0.6) is 0 Å². The molecular weight excluding hydrogens is 254 g/mol. The number of likely N-dealkylation sites (tertiary alicyclic amines) is 1. The Balaban J connectivity index is 2.49. The fourth-order valence-electron chi connectivity index (χ4n) is 1.94. The monoisotopic (exact) mass is 273 g/mol. The van der Waals surface area contributed by atoms with E-state index in [0.717, 1.165) is 0 Å². The average Bonchev–Trinajstić information content (AvgIpc) is 2.82. The molecule has 1 fully saturated rings. The van der Waals surface area contributed by atoms with Crippen molar-refractivity contribution in [1.29, 1.82) is 0 Å². The minimum atomic E-state index is -1.05. The maximum atomic E-state index is 11.9. The van der Waals surface area contributed by atoms with Crippen molar-refractivity contribution in [1.82, 2.24) is 15.5 Å². The molecule has 8 heteroatoms. The van der Waals surface area contributed by atoms with E-state index in [9.17, 15) is 14.4 Å². The molecule has 19 heavy (non-hydrogen) atoms. The molecule has 0 radical (unpaired) electrons. The lowest BCUT2D eigenvalue weighted by Crippen LogP contribution is -2.46. The highest BCUT2D eigenvalue weighted by Gasteiger charge is 2.39. The van der Waals surface area contributed by atoms with E-state index in [2.05, 4.69) is 10.6 Å². The van der Waals surface area contributed by atoms with Gasteiger partial charge in [-0.1, -0.05) is 0 Å².